The van der Waals surface area contributed by atoms with Crippen molar-refractivity contribution in [2.45, 2.75) is 32.2 Å². The van der Waals surface area contributed by atoms with Gasteiger partial charge in [0.05, 0.1) is 12.5 Å². The molecule has 2 N–H and O–H groups in total. The Hall–Kier alpha value is -0.830. The first kappa shape index (κ1) is 10.3. The molecule has 1 rings (SSSR count). The summed E-state index contributed by atoms with van der Waals surface area (Å²) >= 11 is 0. The van der Waals surface area contributed by atoms with Gasteiger partial charge in [-0.2, -0.15) is 0 Å². The van der Waals surface area contributed by atoms with Crippen LogP contribution in [-0.4, -0.2) is 18.6 Å². The van der Waals surface area contributed by atoms with Crippen LogP contribution in [0.1, 0.15) is 26.2 Å². The zero-order chi connectivity index (χ0) is 9.68. The number of hydrogen-bond donors (Lipinski definition) is 1. The number of carbonyl (C=O) groups excluding carboxylic acids is 1. The van der Waals surface area contributed by atoms with E-state index >= 15 is 0 Å². The molecule has 1 aliphatic rings. The van der Waals surface area contributed by atoms with Crippen LogP contribution in [0.5, 0.6) is 0 Å². The number of allylic oxidation sites excluding steroid dienone is 2. The Labute approximate surface area is 78.9 Å². The minimum absolute atomic E-state index is 0.0472. The number of ether oxygens (including phenoxy) is 1. The van der Waals surface area contributed by atoms with Crippen LogP contribution in [0.15, 0.2) is 12.2 Å². The maximum atomic E-state index is 11.4. The molecule has 0 aromatic rings. The molecule has 13 heavy (non-hydrogen) atoms. The SMILES string of the molecule is CCOC(=O)[C@@H]1CC=CCC[C@H]1N. The third kappa shape index (κ3) is 2.84. The lowest BCUT2D eigenvalue weighted by Gasteiger charge is -2.18. The van der Waals surface area contributed by atoms with Crippen molar-refractivity contribution in [1.82, 2.24) is 0 Å². The minimum atomic E-state index is -0.151. The van der Waals surface area contributed by atoms with Crippen molar-refractivity contribution in [2.75, 3.05) is 6.61 Å². The molecule has 3 heteroatoms. The molecule has 1 aliphatic carbocycles. The topological polar surface area (TPSA) is 52.3 Å². The highest BCUT2D eigenvalue weighted by molar-refractivity contribution is 5.73. The van der Waals surface area contributed by atoms with Gasteiger partial charge in [0, 0.05) is 6.04 Å². The maximum absolute atomic E-state index is 11.4. The first-order chi connectivity index (χ1) is 6.25. The molecule has 0 radical (unpaired) electrons. The van der Waals surface area contributed by atoms with Crippen LogP contribution in [0.2, 0.25) is 0 Å². The maximum Gasteiger partial charge on any atom is 0.310 e. The lowest BCUT2D eigenvalue weighted by atomic mass is 9.96. The highest BCUT2D eigenvalue weighted by Gasteiger charge is 2.26. The van der Waals surface area contributed by atoms with Crippen molar-refractivity contribution in [2.24, 2.45) is 11.7 Å². The van der Waals surface area contributed by atoms with E-state index in [0.717, 1.165) is 19.3 Å². The van der Waals surface area contributed by atoms with Crippen LogP contribution >= 0.6 is 0 Å². The van der Waals surface area contributed by atoms with Crippen LogP contribution in [0.4, 0.5) is 0 Å². The van der Waals surface area contributed by atoms with E-state index in [4.69, 9.17) is 10.5 Å². The average Bonchev–Trinajstić information content (AvgIpc) is 2.30. The third-order valence-corrected chi connectivity index (χ3v) is 2.33. The third-order valence-electron chi connectivity index (χ3n) is 2.33. The Morgan fingerprint density at radius 3 is 3.08 bits per heavy atom. The number of hydrogen-bond acceptors (Lipinski definition) is 3. The molecule has 0 bridgehead atoms. The quantitative estimate of drug-likeness (QED) is 0.517. The van der Waals surface area contributed by atoms with Crippen LogP contribution in [0, 0.1) is 5.92 Å². The average molecular weight is 183 g/mol. The predicted octanol–water partition coefficient (Wildman–Crippen LogP) is 1.23. The summed E-state index contributed by atoms with van der Waals surface area (Å²) in [6.07, 6.45) is 6.67. The summed E-state index contributed by atoms with van der Waals surface area (Å²) in [5.41, 5.74) is 5.87. The molecule has 0 aliphatic heterocycles. The summed E-state index contributed by atoms with van der Waals surface area (Å²) < 4.78 is 4.95. The molecule has 0 aromatic heterocycles. The molecule has 0 spiro atoms. The van der Waals surface area contributed by atoms with Gasteiger partial charge in [0.15, 0.2) is 0 Å². The highest BCUT2D eigenvalue weighted by atomic mass is 16.5. The fourth-order valence-corrected chi connectivity index (χ4v) is 1.55. The Bertz CT molecular complexity index is 201. The molecular weight excluding hydrogens is 166 g/mol. The second kappa shape index (κ2) is 5.02. The Balaban J connectivity index is 2.54. The van der Waals surface area contributed by atoms with E-state index in [1.165, 1.54) is 0 Å². The van der Waals surface area contributed by atoms with Gasteiger partial charge in [-0.15, -0.1) is 0 Å². The van der Waals surface area contributed by atoms with Crippen molar-refractivity contribution in [3.8, 4) is 0 Å². The van der Waals surface area contributed by atoms with Crippen LogP contribution < -0.4 is 5.73 Å². The van der Waals surface area contributed by atoms with Crippen molar-refractivity contribution >= 4 is 5.97 Å². The molecule has 2 atom stereocenters. The normalized spacial score (nSPS) is 28.2. The van der Waals surface area contributed by atoms with Gasteiger partial charge in [-0.3, -0.25) is 4.79 Å². The fraction of sp³-hybridized carbons (Fsp3) is 0.700. The number of carbonyl (C=O) groups is 1. The Kier molecular flexibility index (Phi) is 3.96. The predicted molar refractivity (Wildman–Crippen MR) is 51.1 cm³/mol. The standard InChI is InChI=1S/C10H17NO2/c1-2-13-10(12)8-6-4-3-5-7-9(8)11/h3-4,8-9H,2,5-7,11H2,1H3/t8-,9-/m1/s1. The number of esters is 1. The molecular formula is C10H17NO2. The zero-order valence-corrected chi connectivity index (χ0v) is 8.03. The molecule has 0 saturated heterocycles. The second-order valence-electron chi connectivity index (χ2n) is 3.31. The number of nitrogens with two attached hydrogens (primary N) is 1. The first-order valence-corrected chi connectivity index (χ1v) is 4.83. The van der Waals surface area contributed by atoms with E-state index in [2.05, 4.69) is 6.08 Å². The van der Waals surface area contributed by atoms with E-state index < -0.39 is 0 Å². The van der Waals surface area contributed by atoms with Gasteiger partial charge in [0.25, 0.3) is 0 Å². The molecule has 0 heterocycles. The minimum Gasteiger partial charge on any atom is -0.466 e. The molecule has 0 aromatic carbocycles. The van der Waals surface area contributed by atoms with Crippen molar-refractivity contribution in [3.05, 3.63) is 12.2 Å². The van der Waals surface area contributed by atoms with Gasteiger partial charge in [-0.25, -0.2) is 0 Å². The van der Waals surface area contributed by atoms with Gasteiger partial charge >= 0.3 is 5.97 Å². The highest BCUT2D eigenvalue weighted by Crippen LogP contribution is 2.18. The lowest BCUT2D eigenvalue weighted by Crippen LogP contribution is -2.35. The molecule has 3 nitrogen and oxygen atoms in total. The van der Waals surface area contributed by atoms with Crippen molar-refractivity contribution < 1.29 is 9.53 Å². The largest absolute Gasteiger partial charge is 0.466 e. The molecule has 0 saturated carbocycles. The first-order valence-electron chi connectivity index (χ1n) is 4.83. The van der Waals surface area contributed by atoms with Gasteiger partial charge in [-0.05, 0) is 26.2 Å². The van der Waals surface area contributed by atoms with E-state index in [0.29, 0.717) is 6.61 Å². The van der Waals surface area contributed by atoms with Crippen molar-refractivity contribution in [1.29, 1.82) is 0 Å². The van der Waals surface area contributed by atoms with Gasteiger partial charge in [0.2, 0.25) is 0 Å². The van der Waals surface area contributed by atoms with E-state index in [1.54, 1.807) is 0 Å². The molecule has 0 amide bonds. The van der Waals surface area contributed by atoms with E-state index in [-0.39, 0.29) is 17.9 Å². The zero-order valence-electron chi connectivity index (χ0n) is 8.03. The Morgan fingerprint density at radius 1 is 1.62 bits per heavy atom. The van der Waals surface area contributed by atoms with E-state index in [9.17, 15) is 4.79 Å². The summed E-state index contributed by atoms with van der Waals surface area (Å²) in [5.74, 6) is -0.291. The lowest BCUT2D eigenvalue weighted by molar-refractivity contribution is -0.148. The summed E-state index contributed by atoms with van der Waals surface area (Å²) in [6, 6.07) is -0.0472. The van der Waals surface area contributed by atoms with Crippen LogP contribution in [0.25, 0.3) is 0 Å². The molecule has 74 valence electrons. The summed E-state index contributed by atoms with van der Waals surface area (Å²) in [5, 5.41) is 0. The summed E-state index contributed by atoms with van der Waals surface area (Å²) in [6.45, 7) is 2.25. The fourth-order valence-electron chi connectivity index (χ4n) is 1.55. The Morgan fingerprint density at radius 2 is 2.38 bits per heavy atom. The van der Waals surface area contributed by atoms with Crippen molar-refractivity contribution in [3.63, 3.8) is 0 Å². The second-order valence-corrected chi connectivity index (χ2v) is 3.31. The van der Waals surface area contributed by atoms with Crippen LogP contribution in [0.3, 0.4) is 0 Å². The van der Waals surface area contributed by atoms with E-state index in [1.807, 2.05) is 13.0 Å². The monoisotopic (exact) mass is 183 g/mol. The molecule has 0 unspecified atom stereocenters. The van der Waals surface area contributed by atoms with Gasteiger partial charge in [-0.1, -0.05) is 12.2 Å². The van der Waals surface area contributed by atoms with Crippen LogP contribution in [-0.2, 0) is 9.53 Å². The summed E-state index contributed by atoms with van der Waals surface area (Å²) in [7, 11) is 0. The van der Waals surface area contributed by atoms with Gasteiger partial charge < -0.3 is 10.5 Å². The number of rotatable bonds is 2. The summed E-state index contributed by atoms with van der Waals surface area (Å²) in [4.78, 5) is 11.4. The van der Waals surface area contributed by atoms with Gasteiger partial charge in [0.1, 0.15) is 0 Å². The molecule has 0 fully saturated rings. The smallest absolute Gasteiger partial charge is 0.310 e.